The Labute approximate surface area is 87.4 Å². The smallest absolute Gasteiger partial charge is 0.0278 e. The van der Waals surface area contributed by atoms with E-state index in [1.165, 1.54) is 19.3 Å². The van der Waals surface area contributed by atoms with Crippen molar-refractivity contribution in [3.05, 3.63) is 0 Å². The van der Waals surface area contributed by atoms with Gasteiger partial charge >= 0.3 is 0 Å². The molecule has 84 valence electrons. The summed E-state index contributed by atoms with van der Waals surface area (Å²) in [5.41, 5.74) is 17.5. The summed E-state index contributed by atoms with van der Waals surface area (Å²) in [6.07, 6.45) is 5.77. The third-order valence-electron chi connectivity index (χ3n) is 3.93. The van der Waals surface area contributed by atoms with E-state index < -0.39 is 0 Å². The van der Waals surface area contributed by atoms with Gasteiger partial charge in [0.15, 0.2) is 0 Å². The summed E-state index contributed by atoms with van der Waals surface area (Å²) >= 11 is 0. The van der Waals surface area contributed by atoms with Gasteiger partial charge in [-0.2, -0.15) is 0 Å². The van der Waals surface area contributed by atoms with Gasteiger partial charge in [0.2, 0.25) is 0 Å². The lowest BCUT2D eigenvalue weighted by Crippen LogP contribution is -2.50. The van der Waals surface area contributed by atoms with E-state index in [-0.39, 0.29) is 5.54 Å². The monoisotopic (exact) mass is 199 g/mol. The van der Waals surface area contributed by atoms with Gasteiger partial charge in [-0.3, -0.25) is 0 Å². The number of rotatable bonds is 4. The molecule has 1 unspecified atom stereocenters. The Morgan fingerprint density at radius 1 is 1.29 bits per heavy atom. The van der Waals surface area contributed by atoms with E-state index >= 15 is 0 Å². The molecule has 0 aliphatic heterocycles. The van der Waals surface area contributed by atoms with Crippen LogP contribution in [-0.4, -0.2) is 18.6 Å². The van der Waals surface area contributed by atoms with E-state index in [0.29, 0.717) is 12.5 Å². The Morgan fingerprint density at radius 3 is 2.21 bits per heavy atom. The average molecular weight is 199 g/mol. The molecule has 1 atom stereocenters. The highest BCUT2D eigenvalue weighted by molar-refractivity contribution is 4.91. The molecule has 1 saturated carbocycles. The number of nitrogens with two attached hydrogens (primary N) is 3. The largest absolute Gasteiger partial charge is 0.330 e. The van der Waals surface area contributed by atoms with Crippen molar-refractivity contribution in [2.75, 3.05) is 13.1 Å². The van der Waals surface area contributed by atoms with Crippen molar-refractivity contribution >= 4 is 0 Å². The molecule has 0 heterocycles. The first kappa shape index (κ1) is 12.0. The Hall–Kier alpha value is -0.120. The zero-order valence-corrected chi connectivity index (χ0v) is 9.34. The van der Waals surface area contributed by atoms with E-state index in [1.54, 1.807) is 0 Å². The molecule has 1 aliphatic carbocycles. The highest BCUT2D eigenvalue weighted by atomic mass is 14.8. The average Bonchev–Trinajstić information content (AvgIpc) is 2.23. The normalized spacial score (nSPS) is 35.6. The zero-order chi connectivity index (χ0) is 10.6. The minimum absolute atomic E-state index is 0.0800. The molecule has 1 fully saturated rings. The SMILES string of the molecule is CCC(CN)C1CCC(N)(CN)CC1. The maximum atomic E-state index is 6.15. The fourth-order valence-corrected chi connectivity index (χ4v) is 2.58. The van der Waals surface area contributed by atoms with Crippen LogP contribution in [-0.2, 0) is 0 Å². The topological polar surface area (TPSA) is 78.1 Å². The van der Waals surface area contributed by atoms with Gasteiger partial charge in [0.25, 0.3) is 0 Å². The maximum Gasteiger partial charge on any atom is 0.0278 e. The summed E-state index contributed by atoms with van der Waals surface area (Å²) in [7, 11) is 0. The minimum Gasteiger partial charge on any atom is -0.330 e. The summed E-state index contributed by atoms with van der Waals surface area (Å²) in [5.74, 6) is 1.48. The van der Waals surface area contributed by atoms with E-state index in [4.69, 9.17) is 17.2 Å². The van der Waals surface area contributed by atoms with Crippen molar-refractivity contribution in [1.82, 2.24) is 0 Å². The van der Waals surface area contributed by atoms with Crippen LogP contribution >= 0.6 is 0 Å². The first-order valence-corrected chi connectivity index (χ1v) is 5.84. The standard InChI is InChI=1S/C11H25N3/c1-2-9(7-12)10-3-5-11(14,8-13)6-4-10/h9-10H,2-8,12-14H2,1H3. The molecular formula is C11H25N3. The molecule has 3 heteroatoms. The molecule has 3 nitrogen and oxygen atoms in total. The molecule has 1 rings (SSSR count). The fourth-order valence-electron chi connectivity index (χ4n) is 2.58. The molecule has 1 aliphatic rings. The molecule has 0 aromatic rings. The van der Waals surface area contributed by atoms with Crippen LogP contribution < -0.4 is 17.2 Å². The van der Waals surface area contributed by atoms with E-state index in [9.17, 15) is 0 Å². The molecule has 0 saturated heterocycles. The van der Waals surface area contributed by atoms with Gasteiger partial charge in [-0.15, -0.1) is 0 Å². The molecular weight excluding hydrogens is 174 g/mol. The van der Waals surface area contributed by atoms with Crippen LogP contribution in [0.1, 0.15) is 39.0 Å². The highest BCUT2D eigenvalue weighted by Crippen LogP contribution is 2.34. The van der Waals surface area contributed by atoms with Crippen LogP contribution in [0.15, 0.2) is 0 Å². The first-order valence-electron chi connectivity index (χ1n) is 5.84. The third kappa shape index (κ3) is 2.69. The number of hydrogen-bond donors (Lipinski definition) is 3. The molecule has 0 spiro atoms. The van der Waals surface area contributed by atoms with Crippen molar-refractivity contribution < 1.29 is 0 Å². The van der Waals surface area contributed by atoms with Crippen LogP contribution in [0.2, 0.25) is 0 Å². The van der Waals surface area contributed by atoms with Crippen LogP contribution in [0.4, 0.5) is 0 Å². The van der Waals surface area contributed by atoms with E-state index in [2.05, 4.69) is 6.92 Å². The number of hydrogen-bond acceptors (Lipinski definition) is 3. The van der Waals surface area contributed by atoms with Crippen molar-refractivity contribution in [3.8, 4) is 0 Å². The lowest BCUT2D eigenvalue weighted by Gasteiger charge is -2.38. The van der Waals surface area contributed by atoms with Gasteiger partial charge in [-0.25, -0.2) is 0 Å². The molecule has 0 radical (unpaired) electrons. The van der Waals surface area contributed by atoms with Crippen molar-refractivity contribution in [2.45, 2.75) is 44.6 Å². The van der Waals surface area contributed by atoms with Gasteiger partial charge in [0.05, 0.1) is 0 Å². The Morgan fingerprint density at radius 2 is 1.86 bits per heavy atom. The van der Waals surface area contributed by atoms with Crippen LogP contribution in [0, 0.1) is 11.8 Å². The quantitative estimate of drug-likeness (QED) is 0.627. The second-order valence-corrected chi connectivity index (χ2v) is 4.81. The lowest BCUT2D eigenvalue weighted by molar-refractivity contribution is 0.183. The van der Waals surface area contributed by atoms with Gasteiger partial charge in [0, 0.05) is 12.1 Å². The fraction of sp³-hybridized carbons (Fsp3) is 1.00. The second kappa shape index (κ2) is 5.10. The summed E-state index contributed by atoms with van der Waals surface area (Å²) in [4.78, 5) is 0. The molecule has 0 aromatic carbocycles. The maximum absolute atomic E-state index is 6.15. The molecule has 0 amide bonds. The predicted molar refractivity (Wildman–Crippen MR) is 60.8 cm³/mol. The Kier molecular flexibility index (Phi) is 4.35. The predicted octanol–water partition coefficient (Wildman–Crippen LogP) is 0.818. The second-order valence-electron chi connectivity index (χ2n) is 4.81. The summed E-state index contributed by atoms with van der Waals surface area (Å²) in [5, 5.41) is 0. The van der Waals surface area contributed by atoms with Gasteiger partial charge in [-0.1, -0.05) is 13.3 Å². The molecule has 0 bridgehead atoms. The lowest BCUT2D eigenvalue weighted by atomic mass is 9.72. The Balaban J connectivity index is 2.42. The summed E-state index contributed by atoms with van der Waals surface area (Å²) < 4.78 is 0. The van der Waals surface area contributed by atoms with Crippen molar-refractivity contribution in [3.63, 3.8) is 0 Å². The first-order chi connectivity index (χ1) is 6.65. The van der Waals surface area contributed by atoms with Crippen LogP contribution in [0.25, 0.3) is 0 Å². The summed E-state index contributed by atoms with van der Waals surface area (Å²) in [6, 6.07) is 0. The molecule has 6 N–H and O–H groups in total. The Bertz CT molecular complexity index is 158. The van der Waals surface area contributed by atoms with Gasteiger partial charge < -0.3 is 17.2 Å². The van der Waals surface area contributed by atoms with Crippen molar-refractivity contribution in [2.24, 2.45) is 29.0 Å². The van der Waals surface area contributed by atoms with Crippen molar-refractivity contribution in [1.29, 1.82) is 0 Å². The van der Waals surface area contributed by atoms with Crippen LogP contribution in [0.3, 0.4) is 0 Å². The van der Waals surface area contributed by atoms with E-state index in [1.807, 2.05) is 0 Å². The minimum atomic E-state index is -0.0800. The van der Waals surface area contributed by atoms with Gasteiger partial charge in [-0.05, 0) is 44.1 Å². The molecule has 0 aromatic heterocycles. The summed E-state index contributed by atoms with van der Waals surface area (Å²) in [6.45, 7) is 3.67. The van der Waals surface area contributed by atoms with Crippen LogP contribution in [0.5, 0.6) is 0 Å². The van der Waals surface area contributed by atoms with Gasteiger partial charge in [0.1, 0.15) is 0 Å². The molecule has 14 heavy (non-hydrogen) atoms. The zero-order valence-electron chi connectivity index (χ0n) is 9.34. The highest BCUT2D eigenvalue weighted by Gasteiger charge is 2.32. The third-order valence-corrected chi connectivity index (χ3v) is 3.93. The van der Waals surface area contributed by atoms with E-state index in [0.717, 1.165) is 25.3 Å².